The molecule has 0 amide bonds. The number of pyridine rings is 1. The van der Waals surface area contributed by atoms with Gasteiger partial charge in [-0.25, -0.2) is 0 Å². The third kappa shape index (κ3) is 9.22. The molecule has 2 aromatic rings. The van der Waals surface area contributed by atoms with E-state index in [1.165, 1.54) is 57.8 Å². The molecule has 202 valence electrons. The zero-order chi connectivity index (χ0) is 26.2. The maximum Gasteiger partial charge on any atom is 0.297 e. The number of aryl methyl sites for hydroxylation is 1. The molecule has 1 heterocycles. The quantitative estimate of drug-likeness (QED) is 0.155. The van der Waals surface area contributed by atoms with Crippen LogP contribution in [0.2, 0.25) is 0 Å². The van der Waals surface area contributed by atoms with Gasteiger partial charge in [-0.3, -0.25) is 4.79 Å². The van der Waals surface area contributed by atoms with Crippen LogP contribution in [0.4, 0.5) is 5.69 Å². The second-order valence-electron chi connectivity index (χ2n) is 9.78. The average Bonchev–Trinajstić information content (AvgIpc) is 2.90. The monoisotopic (exact) mass is 498 g/mol. The van der Waals surface area contributed by atoms with Crippen LogP contribution in [-0.2, 0) is 7.05 Å². The number of hydrogen-bond donors (Lipinski definition) is 1. The van der Waals surface area contributed by atoms with Gasteiger partial charge in [0.15, 0.2) is 5.75 Å². The largest absolute Gasteiger partial charge is 0.485 e. The van der Waals surface area contributed by atoms with E-state index in [2.05, 4.69) is 38.2 Å². The molecule has 1 aromatic heterocycles. The smallest absolute Gasteiger partial charge is 0.297 e. The summed E-state index contributed by atoms with van der Waals surface area (Å²) in [5.41, 5.74) is 1.73. The fourth-order valence-electron chi connectivity index (χ4n) is 4.48. The van der Waals surface area contributed by atoms with E-state index in [1.54, 1.807) is 4.57 Å². The Balaban J connectivity index is 2.20. The SMILES string of the molecule is CC=C(CC)Oc1c(OCCCCCCCC)c(=O)n(C)c2cc(NCCCCCCCC)ccc12. The highest BCUT2D eigenvalue weighted by Crippen LogP contribution is 2.35. The van der Waals surface area contributed by atoms with Gasteiger partial charge in [0.2, 0.25) is 5.75 Å². The van der Waals surface area contributed by atoms with Crippen molar-refractivity contribution >= 4 is 16.6 Å². The van der Waals surface area contributed by atoms with Crippen LogP contribution in [0.1, 0.15) is 111 Å². The van der Waals surface area contributed by atoms with E-state index >= 15 is 0 Å². The molecule has 36 heavy (non-hydrogen) atoms. The number of allylic oxidation sites excluding steroid dienone is 2. The Morgan fingerprint density at radius 2 is 1.53 bits per heavy atom. The van der Waals surface area contributed by atoms with Crippen molar-refractivity contribution in [3.8, 4) is 11.5 Å². The normalized spacial score (nSPS) is 11.8. The Labute approximate surface area is 219 Å². The number of hydrogen-bond acceptors (Lipinski definition) is 4. The van der Waals surface area contributed by atoms with Gasteiger partial charge in [0, 0.05) is 31.1 Å². The van der Waals surface area contributed by atoms with E-state index in [9.17, 15) is 4.79 Å². The van der Waals surface area contributed by atoms with Crippen molar-refractivity contribution in [2.24, 2.45) is 7.05 Å². The highest BCUT2D eigenvalue weighted by Gasteiger charge is 2.20. The second kappa shape index (κ2) is 17.1. The fourth-order valence-corrected chi connectivity index (χ4v) is 4.48. The standard InChI is InChI=1S/C31H50N2O3/c1-6-10-12-14-16-18-22-32-25-20-21-27-28(24-25)33(5)31(34)30(29(27)36-26(8-3)9-4)35-23-19-17-15-13-11-7-2/h8,20-21,24,32H,6-7,9-19,22-23H2,1-5H3. The molecule has 0 spiro atoms. The van der Waals surface area contributed by atoms with Gasteiger partial charge in [0.1, 0.15) is 0 Å². The molecular formula is C31H50N2O3. The molecule has 0 aliphatic rings. The zero-order valence-electron chi connectivity index (χ0n) is 23.6. The molecule has 0 saturated heterocycles. The van der Waals surface area contributed by atoms with Crippen LogP contribution in [0, 0.1) is 0 Å². The summed E-state index contributed by atoms with van der Waals surface area (Å²) in [6, 6.07) is 6.18. The molecule has 1 N–H and O–H groups in total. The Morgan fingerprint density at radius 3 is 2.17 bits per heavy atom. The molecule has 0 aliphatic carbocycles. The van der Waals surface area contributed by atoms with Gasteiger partial charge in [-0.15, -0.1) is 0 Å². The van der Waals surface area contributed by atoms with Gasteiger partial charge in [0.25, 0.3) is 5.56 Å². The summed E-state index contributed by atoms with van der Waals surface area (Å²) in [5, 5.41) is 4.43. The number of nitrogens with one attached hydrogen (secondary N) is 1. The minimum Gasteiger partial charge on any atom is -0.485 e. The van der Waals surface area contributed by atoms with Crippen molar-refractivity contribution < 1.29 is 9.47 Å². The van der Waals surface area contributed by atoms with Crippen molar-refractivity contribution in [3.63, 3.8) is 0 Å². The first-order chi connectivity index (χ1) is 17.6. The molecule has 0 fully saturated rings. The number of benzene rings is 1. The van der Waals surface area contributed by atoms with E-state index in [1.807, 2.05) is 26.1 Å². The number of ether oxygens (including phenoxy) is 2. The van der Waals surface area contributed by atoms with Gasteiger partial charge in [-0.2, -0.15) is 0 Å². The maximum absolute atomic E-state index is 13.4. The third-order valence-electron chi connectivity index (χ3n) is 6.82. The first-order valence-corrected chi connectivity index (χ1v) is 14.4. The van der Waals surface area contributed by atoms with Crippen LogP contribution in [0.3, 0.4) is 0 Å². The molecule has 0 unspecified atom stereocenters. The lowest BCUT2D eigenvalue weighted by molar-refractivity contribution is 0.281. The third-order valence-corrected chi connectivity index (χ3v) is 6.82. The van der Waals surface area contributed by atoms with Crippen LogP contribution in [0.5, 0.6) is 11.5 Å². The van der Waals surface area contributed by atoms with Gasteiger partial charge >= 0.3 is 0 Å². The van der Waals surface area contributed by atoms with Crippen LogP contribution in [0.25, 0.3) is 10.9 Å². The van der Waals surface area contributed by atoms with E-state index in [4.69, 9.17) is 9.47 Å². The molecule has 0 saturated carbocycles. The van der Waals surface area contributed by atoms with Gasteiger partial charge in [0.05, 0.1) is 17.9 Å². The van der Waals surface area contributed by atoms with Crippen LogP contribution >= 0.6 is 0 Å². The van der Waals surface area contributed by atoms with Crippen LogP contribution < -0.4 is 20.3 Å². The molecular weight excluding hydrogens is 448 g/mol. The van der Waals surface area contributed by atoms with Crippen molar-refractivity contribution in [1.29, 1.82) is 0 Å². The minimum atomic E-state index is -0.150. The summed E-state index contributed by atoms with van der Waals surface area (Å²) in [6.45, 7) is 9.95. The lowest BCUT2D eigenvalue weighted by atomic mass is 10.1. The van der Waals surface area contributed by atoms with Crippen LogP contribution in [0.15, 0.2) is 34.8 Å². The molecule has 2 rings (SSSR count). The summed E-state index contributed by atoms with van der Waals surface area (Å²) in [4.78, 5) is 13.4. The van der Waals surface area contributed by atoms with Gasteiger partial charge in [-0.05, 0) is 44.0 Å². The Hall–Kier alpha value is -2.43. The summed E-state index contributed by atoms with van der Waals surface area (Å²) in [5.74, 6) is 1.69. The topological polar surface area (TPSA) is 52.5 Å². The molecule has 1 aromatic carbocycles. The summed E-state index contributed by atoms with van der Waals surface area (Å²) < 4.78 is 14.1. The number of fused-ring (bicyclic) bond motifs is 1. The highest BCUT2D eigenvalue weighted by molar-refractivity contribution is 5.90. The van der Waals surface area contributed by atoms with Gasteiger partial charge in [-0.1, -0.05) is 85.0 Å². The number of rotatable bonds is 19. The van der Waals surface area contributed by atoms with E-state index in [-0.39, 0.29) is 5.56 Å². The summed E-state index contributed by atoms with van der Waals surface area (Å²) >= 11 is 0. The summed E-state index contributed by atoms with van der Waals surface area (Å²) in [6.07, 6.45) is 17.4. The molecule has 0 bridgehead atoms. The Bertz CT molecular complexity index is 993. The van der Waals surface area contributed by atoms with E-state index in [0.29, 0.717) is 18.1 Å². The lowest BCUT2D eigenvalue weighted by Gasteiger charge is -2.18. The van der Waals surface area contributed by atoms with Crippen molar-refractivity contribution in [3.05, 3.63) is 40.4 Å². The number of aromatic nitrogens is 1. The molecule has 5 nitrogen and oxygen atoms in total. The van der Waals surface area contributed by atoms with E-state index < -0.39 is 0 Å². The second-order valence-corrected chi connectivity index (χ2v) is 9.78. The lowest BCUT2D eigenvalue weighted by Crippen LogP contribution is -2.21. The zero-order valence-corrected chi connectivity index (χ0v) is 23.6. The van der Waals surface area contributed by atoms with Crippen molar-refractivity contribution in [2.45, 2.75) is 111 Å². The van der Waals surface area contributed by atoms with Crippen LogP contribution in [-0.4, -0.2) is 17.7 Å². The van der Waals surface area contributed by atoms with Crippen molar-refractivity contribution in [1.82, 2.24) is 4.57 Å². The Morgan fingerprint density at radius 1 is 0.889 bits per heavy atom. The molecule has 0 radical (unpaired) electrons. The van der Waals surface area contributed by atoms with Crippen molar-refractivity contribution in [2.75, 3.05) is 18.5 Å². The average molecular weight is 499 g/mol. The molecule has 0 aliphatic heterocycles. The first-order valence-electron chi connectivity index (χ1n) is 14.4. The van der Waals surface area contributed by atoms with E-state index in [0.717, 1.165) is 54.6 Å². The maximum atomic E-state index is 13.4. The summed E-state index contributed by atoms with van der Waals surface area (Å²) in [7, 11) is 1.82. The molecule has 0 atom stereocenters. The predicted molar refractivity (Wildman–Crippen MR) is 155 cm³/mol. The van der Waals surface area contributed by atoms with Gasteiger partial charge < -0.3 is 19.4 Å². The first kappa shape index (κ1) is 29.8. The number of anilines is 1. The fraction of sp³-hybridized carbons (Fsp3) is 0.645. The number of nitrogens with zero attached hydrogens (tertiary/aromatic N) is 1. The molecule has 5 heteroatoms. The predicted octanol–water partition coefficient (Wildman–Crippen LogP) is 8.74. The Kier molecular flexibility index (Phi) is 14.2. The number of unbranched alkanes of at least 4 members (excludes halogenated alkanes) is 10. The minimum absolute atomic E-state index is 0.150. The highest BCUT2D eigenvalue weighted by atomic mass is 16.5.